The van der Waals surface area contributed by atoms with Crippen molar-refractivity contribution in [3.8, 4) is 11.5 Å². The van der Waals surface area contributed by atoms with Gasteiger partial charge < -0.3 is 24.4 Å². The topological polar surface area (TPSA) is 108 Å². The highest BCUT2D eigenvalue weighted by Crippen LogP contribution is 2.34. The van der Waals surface area contributed by atoms with Crippen molar-refractivity contribution in [1.29, 1.82) is 0 Å². The van der Waals surface area contributed by atoms with Gasteiger partial charge in [-0.2, -0.15) is 0 Å². The predicted octanol–water partition coefficient (Wildman–Crippen LogP) is 3.53. The summed E-state index contributed by atoms with van der Waals surface area (Å²) < 4.78 is 18.4. The monoisotopic (exact) mass is 541 g/mol. The summed E-state index contributed by atoms with van der Waals surface area (Å²) in [6.07, 6.45) is 1.85. The van der Waals surface area contributed by atoms with Gasteiger partial charge in [0.2, 0.25) is 18.6 Å². The molecule has 4 aromatic rings. The van der Waals surface area contributed by atoms with E-state index >= 15 is 0 Å². The Morgan fingerprint density at radius 2 is 1.90 bits per heavy atom. The number of nitrogens with one attached hydrogen (secondary N) is 1. The van der Waals surface area contributed by atoms with Gasteiger partial charge in [0.25, 0.3) is 0 Å². The van der Waals surface area contributed by atoms with Crippen molar-refractivity contribution in [2.45, 2.75) is 45.0 Å². The fraction of sp³-hybridized carbons (Fsp3) is 0.333. The molecule has 1 saturated heterocycles. The molecule has 3 aromatic carbocycles. The molecule has 2 amide bonds. The summed E-state index contributed by atoms with van der Waals surface area (Å²) in [5.74, 6) is 0.735. The van der Waals surface area contributed by atoms with Crippen LogP contribution >= 0.6 is 0 Å². The fourth-order valence-corrected chi connectivity index (χ4v) is 5.27. The van der Waals surface area contributed by atoms with E-state index < -0.39 is 6.04 Å². The maximum absolute atomic E-state index is 14.2. The van der Waals surface area contributed by atoms with Gasteiger partial charge in [-0.15, -0.1) is 5.10 Å². The number of fused-ring (bicyclic) bond motifs is 2. The Kier molecular flexibility index (Phi) is 7.33. The summed E-state index contributed by atoms with van der Waals surface area (Å²) >= 11 is 0. The Bertz CT molecular complexity index is 1530. The second kappa shape index (κ2) is 11.4. The summed E-state index contributed by atoms with van der Waals surface area (Å²) in [7, 11) is 0. The number of ether oxygens (including phenoxy) is 3. The van der Waals surface area contributed by atoms with Crippen LogP contribution in [0.2, 0.25) is 0 Å². The van der Waals surface area contributed by atoms with Crippen LogP contribution in [0.4, 0.5) is 0 Å². The molecule has 10 heteroatoms. The van der Waals surface area contributed by atoms with E-state index in [1.165, 1.54) is 0 Å². The summed E-state index contributed by atoms with van der Waals surface area (Å²) in [6, 6.07) is 19.8. The lowest BCUT2D eigenvalue weighted by atomic mass is 9.98. The first kappa shape index (κ1) is 25.8. The minimum atomic E-state index is -0.879. The lowest BCUT2D eigenvalue weighted by Gasteiger charge is -2.32. The molecule has 2 atom stereocenters. The zero-order valence-electron chi connectivity index (χ0n) is 22.3. The van der Waals surface area contributed by atoms with Crippen LogP contribution in [0, 0.1) is 6.92 Å². The second-order valence-electron chi connectivity index (χ2n) is 10.1. The first-order chi connectivity index (χ1) is 19.6. The van der Waals surface area contributed by atoms with Gasteiger partial charge in [-0.3, -0.25) is 9.59 Å². The van der Waals surface area contributed by atoms with Gasteiger partial charge >= 0.3 is 0 Å². The van der Waals surface area contributed by atoms with Gasteiger partial charge in [-0.25, -0.2) is 4.68 Å². The van der Waals surface area contributed by atoms with E-state index in [9.17, 15) is 9.59 Å². The highest BCUT2D eigenvalue weighted by Gasteiger charge is 2.34. The molecule has 0 radical (unpaired) electrons. The third kappa shape index (κ3) is 5.35. The van der Waals surface area contributed by atoms with Crippen LogP contribution in [0.15, 0.2) is 66.7 Å². The Morgan fingerprint density at radius 3 is 2.75 bits per heavy atom. The largest absolute Gasteiger partial charge is 0.454 e. The molecule has 0 spiro atoms. The van der Waals surface area contributed by atoms with E-state index in [1.54, 1.807) is 9.58 Å². The number of nitrogens with zero attached hydrogens (tertiary/aromatic N) is 4. The third-order valence-electron chi connectivity index (χ3n) is 7.39. The van der Waals surface area contributed by atoms with Crippen LogP contribution < -0.4 is 14.8 Å². The molecule has 0 bridgehead atoms. The van der Waals surface area contributed by atoms with Crippen molar-refractivity contribution in [3.63, 3.8) is 0 Å². The van der Waals surface area contributed by atoms with E-state index in [4.69, 9.17) is 14.2 Å². The normalized spacial score (nSPS) is 16.7. The minimum Gasteiger partial charge on any atom is -0.454 e. The SMILES string of the molecule is Cc1ccccc1[C@H](C(=O)NC[C@@H]1CCCO1)N(Cc1ccc2c(c1)OCO2)C(=O)Cn1nnc2ccccc21. The average molecular weight is 542 g/mol. The molecule has 1 fully saturated rings. The number of amides is 2. The Balaban J connectivity index is 1.36. The molecule has 40 heavy (non-hydrogen) atoms. The van der Waals surface area contributed by atoms with Crippen molar-refractivity contribution < 1.29 is 23.8 Å². The van der Waals surface area contributed by atoms with E-state index in [0.717, 1.165) is 35.0 Å². The molecule has 0 aliphatic carbocycles. The molecule has 0 saturated carbocycles. The molecule has 1 N–H and O–H groups in total. The average Bonchev–Trinajstić information content (AvgIpc) is 3.74. The molecule has 206 valence electrons. The number of rotatable bonds is 9. The van der Waals surface area contributed by atoms with Gasteiger partial charge in [-0.1, -0.05) is 47.7 Å². The number of carbonyl (C=O) groups is 2. The standard InChI is InChI=1S/C30H31N5O5/c1-20-7-2-3-9-23(20)29(30(37)31-16-22-8-6-14-38-22)34(17-21-12-13-26-27(15-21)40-19-39-26)28(36)18-35-25-11-5-4-10-24(25)32-33-35/h2-5,7,9-13,15,22,29H,6,8,14,16-19H2,1H3,(H,31,37)/t22-,29+/m0/s1. The minimum absolute atomic E-state index is 0.0269. The number of benzene rings is 3. The summed E-state index contributed by atoms with van der Waals surface area (Å²) in [5, 5.41) is 11.5. The van der Waals surface area contributed by atoms with E-state index in [-0.39, 0.29) is 37.8 Å². The number of carbonyl (C=O) groups excluding carboxylic acids is 2. The van der Waals surface area contributed by atoms with E-state index in [2.05, 4.69) is 15.6 Å². The molecular weight excluding hydrogens is 510 g/mol. The summed E-state index contributed by atoms with van der Waals surface area (Å²) in [5.41, 5.74) is 3.92. The zero-order valence-corrected chi connectivity index (χ0v) is 22.3. The number of aryl methyl sites for hydroxylation is 1. The lowest BCUT2D eigenvalue weighted by molar-refractivity contribution is -0.142. The van der Waals surface area contributed by atoms with Crippen LogP contribution in [0.3, 0.4) is 0 Å². The first-order valence-electron chi connectivity index (χ1n) is 13.5. The zero-order chi connectivity index (χ0) is 27.5. The predicted molar refractivity (Wildman–Crippen MR) is 147 cm³/mol. The highest BCUT2D eigenvalue weighted by molar-refractivity contribution is 5.89. The van der Waals surface area contributed by atoms with Gasteiger partial charge in [0, 0.05) is 19.7 Å². The molecule has 0 unspecified atom stereocenters. The molecule has 2 aliphatic rings. The Morgan fingerprint density at radius 1 is 1.07 bits per heavy atom. The van der Waals surface area contributed by atoms with Gasteiger partial charge in [-0.05, 0) is 60.7 Å². The van der Waals surface area contributed by atoms with Gasteiger partial charge in [0.05, 0.1) is 11.6 Å². The van der Waals surface area contributed by atoms with Crippen molar-refractivity contribution in [1.82, 2.24) is 25.2 Å². The number of hydrogen-bond acceptors (Lipinski definition) is 7. The Hall–Kier alpha value is -4.44. The lowest BCUT2D eigenvalue weighted by Crippen LogP contribution is -2.46. The van der Waals surface area contributed by atoms with Crippen LogP contribution in [0.5, 0.6) is 11.5 Å². The maximum Gasteiger partial charge on any atom is 0.247 e. The van der Waals surface area contributed by atoms with Gasteiger partial charge in [0.15, 0.2) is 11.5 Å². The van der Waals surface area contributed by atoms with Gasteiger partial charge in [0.1, 0.15) is 18.1 Å². The van der Waals surface area contributed by atoms with Crippen LogP contribution in [-0.2, 0) is 27.4 Å². The van der Waals surface area contributed by atoms with E-state index in [0.29, 0.717) is 30.2 Å². The Labute approximate surface area is 231 Å². The van der Waals surface area contributed by atoms with Crippen LogP contribution in [0.1, 0.15) is 35.6 Å². The second-order valence-corrected chi connectivity index (χ2v) is 10.1. The van der Waals surface area contributed by atoms with E-state index in [1.807, 2.05) is 73.7 Å². The molecule has 3 heterocycles. The van der Waals surface area contributed by atoms with Crippen molar-refractivity contribution in [3.05, 3.63) is 83.4 Å². The summed E-state index contributed by atoms with van der Waals surface area (Å²) in [4.78, 5) is 29.7. The molecule has 10 nitrogen and oxygen atoms in total. The smallest absolute Gasteiger partial charge is 0.247 e. The third-order valence-corrected chi connectivity index (χ3v) is 7.39. The number of para-hydroxylation sites is 1. The molecule has 2 aliphatic heterocycles. The molecular formula is C30H31N5O5. The first-order valence-corrected chi connectivity index (χ1v) is 13.5. The molecule has 6 rings (SSSR count). The van der Waals surface area contributed by atoms with Crippen molar-refractivity contribution in [2.24, 2.45) is 0 Å². The summed E-state index contributed by atoms with van der Waals surface area (Å²) in [6.45, 7) is 3.28. The van der Waals surface area contributed by atoms with Crippen LogP contribution in [-0.4, -0.2) is 57.8 Å². The van der Waals surface area contributed by atoms with Crippen LogP contribution in [0.25, 0.3) is 11.0 Å². The highest BCUT2D eigenvalue weighted by atomic mass is 16.7. The van der Waals surface area contributed by atoms with Crippen molar-refractivity contribution in [2.75, 3.05) is 19.9 Å². The quantitative estimate of drug-likeness (QED) is 0.345. The number of aromatic nitrogens is 3. The number of hydrogen-bond donors (Lipinski definition) is 1. The maximum atomic E-state index is 14.2. The fourth-order valence-electron chi connectivity index (χ4n) is 5.27. The van der Waals surface area contributed by atoms with Crippen molar-refractivity contribution >= 4 is 22.8 Å². The molecule has 1 aromatic heterocycles.